The Morgan fingerprint density at radius 1 is 1.44 bits per heavy atom. The first-order valence-corrected chi connectivity index (χ1v) is 5.12. The van der Waals surface area contributed by atoms with Crippen molar-refractivity contribution >= 4 is 23.0 Å². The first-order valence-electron chi connectivity index (χ1n) is 4.74. The van der Waals surface area contributed by atoms with Crippen LogP contribution < -0.4 is 11.1 Å². The van der Waals surface area contributed by atoms with Crippen molar-refractivity contribution in [2.45, 2.75) is 6.43 Å². The summed E-state index contributed by atoms with van der Waals surface area (Å²) in [5, 5.41) is 3.51. The van der Waals surface area contributed by atoms with Gasteiger partial charge in [-0.3, -0.25) is 0 Å². The van der Waals surface area contributed by atoms with Crippen molar-refractivity contribution in [3.63, 3.8) is 0 Å². The van der Waals surface area contributed by atoms with Crippen LogP contribution in [0, 0.1) is 0 Å². The highest BCUT2D eigenvalue weighted by molar-refractivity contribution is 6.31. The summed E-state index contributed by atoms with van der Waals surface area (Å²) >= 11 is 5.77. The van der Waals surface area contributed by atoms with Crippen molar-refractivity contribution < 1.29 is 13.5 Å². The summed E-state index contributed by atoms with van der Waals surface area (Å²) in [6.45, 7) is 0.0419. The minimum absolute atomic E-state index is 0.191. The molecule has 1 aromatic rings. The quantitative estimate of drug-likeness (QED) is 0.603. The molecule has 0 fully saturated rings. The fourth-order valence-corrected chi connectivity index (χ4v) is 1.28. The zero-order chi connectivity index (χ0) is 12.0. The molecule has 3 N–H and O–H groups in total. The van der Waals surface area contributed by atoms with E-state index in [9.17, 15) is 8.78 Å². The number of rotatable bonds is 6. The third-order valence-corrected chi connectivity index (χ3v) is 2.06. The van der Waals surface area contributed by atoms with Gasteiger partial charge >= 0.3 is 0 Å². The van der Waals surface area contributed by atoms with Crippen LogP contribution in [0.3, 0.4) is 0 Å². The molecule has 0 spiro atoms. The fraction of sp³-hybridized carbons (Fsp3) is 0.400. The van der Waals surface area contributed by atoms with Gasteiger partial charge in [0.05, 0.1) is 18.0 Å². The van der Waals surface area contributed by atoms with E-state index in [0.717, 1.165) is 0 Å². The maximum Gasteiger partial charge on any atom is 0.261 e. The predicted molar refractivity (Wildman–Crippen MR) is 61.2 cm³/mol. The van der Waals surface area contributed by atoms with Gasteiger partial charge in [-0.05, 0) is 18.2 Å². The molecule has 0 heterocycles. The second kappa shape index (κ2) is 6.50. The lowest BCUT2D eigenvalue weighted by Gasteiger charge is -2.09. The largest absolute Gasteiger partial charge is 0.397 e. The number of anilines is 2. The van der Waals surface area contributed by atoms with E-state index < -0.39 is 13.0 Å². The van der Waals surface area contributed by atoms with E-state index in [1.807, 2.05) is 0 Å². The lowest BCUT2D eigenvalue weighted by Crippen LogP contribution is -2.13. The molecule has 0 saturated heterocycles. The molecule has 1 rings (SSSR count). The van der Waals surface area contributed by atoms with Crippen LogP contribution in [0.1, 0.15) is 0 Å². The summed E-state index contributed by atoms with van der Waals surface area (Å²) in [5.74, 6) is 0. The van der Waals surface area contributed by atoms with Crippen molar-refractivity contribution in [2.75, 3.05) is 30.8 Å². The molecule has 0 aliphatic rings. The van der Waals surface area contributed by atoms with E-state index in [4.69, 9.17) is 22.1 Å². The number of nitrogens with two attached hydrogens (primary N) is 1. The monoisotopic (exact) mass is 250 g/mol. The van der Waals surface area contributed by atoms with Crippen molar-refractivity contribution in [1.82, 2.24) is 0 Å². The molecule has 0 unspecified atom stereocenters. The Morgan fingerprint density at radius 2 is 2.19 bits per heavy atom. The minimum Gasteiger partial charge on any atom is -0.397 e. The Kier molecular flexibility index (Phi) is 5.28. The minimum atomic E-state index is -2.43. The van der Waals surface area contributed by atoms with Gasteiger partial charge in [0.1, 0.15) is 6.61 Å². The zero-order valence-electron chi connectivity index (χ0n) is 8.55. The van der Waals surface area contributed by atoms with Gasteiger partial charge in [0, 0.05) is 11.6 Å². The van der Waals surface area contributed by atoms with Gasteiger partial charge in [-0.15, -0.1) is 0 Å². The maximum atomic E-state index is 11.7. The molecule has 6 heteroatoms. The molecular formula is C10H13ClF2N2O. The third kappa shape index (κ3) is 4.63. The fourth-order valence-electron chi connectivity index (χ4n) is 1.11. The molecule has 0 radical (unpaired) electrons. The SMILES string of the molecule is Nc1ccc(Cl)cc1NCCOCC(F)F. The highest BCUT2D eigenvalue weighted by atomic mass is 35.5. The lowest BCUT2D eigenvalue weighted by atomic mass is 10.2. The lowest BCUT2D eigenvalue weighted by molar-refractivity contribution is 0.0215. The number of benzene rings is 1. The van der Waals surface area contributed by atoms with E-state index in [0.29, 0.717) is 22.9 Å². The van der Waals surface area contributed by atoms with Gasteiger partial charge < -0.3 is 15.8 Å². The number of nitrogen functional groups attached to an aromatic ring is 1. The van der Waals surface area contributed by atoms with E-state index in [1.165, 1.54) is 0 Å². The second-order valence-electron chi connectivity index (χ2n) is 3.12. The molecule has 0 atom stereocenters. The van der Waals surface area contributed by atoms with Crippen molar-refractivity contribution in [2.24, 2.45) is 0 Å². The Morgan fingerprint density at radius 3 is 2.88 bits per heavy atom. The number of nitrogens with one attached hydrogen (secondary N) is 1. The van der Waals surface area contributed by atoms with E-state index in [2.05, 4.69) is 5.32 Å². The second-order valence-corrected chi connectivity index (χ2v) is 3.56. The standard InChI is InChI=1S/C10H13ClF2N2O/c11-7-1-2-8(14)9(5-7)15-3-4-16-6-10(12)13/h1-2,5,10,15H,3-4,6,14H2. The third-order valence-electron chi connectivity index (χ3n) is 1.82. The van der Waals surface area contributed by atoms with Crippen LogP contribution >= 0.6 is 11.6 Å². The summed E-state index contributed by atoms with van der Waals surface area (Å²) in [7, 11) is 0. The average Bonchev–Trinajstić information content (AvgIpc) is 2.22. The zero-order valence-corrected chi connectivity index (χ0v) is 9.31. The summed E-state index contributed by atoms with van der Waals surface area (Å²) in [5.41, 5.74) is 6.90. The van der Waals surface area contributed by atoms with E-state index >= 15 is 0 Å². The van der Waals surface area contributed by atoms with Crippen LogP contribution in [0.4, 0.5) is 20.2 Å². The molecule has 90 valence electrons. The molecule has 0 amide bonds. The topological polar surface area (TPSA) is 47.3 Å². The Labute approximate surface area is 97.5 Å². The van der Waals surface area contributed by atoms with Crippen LogP contribution in [-0.2, 0) is 4.74 Å². The number of halogens is 3. The van der Waals surface area contributed by atoms with Crippen molar-refractivity contribution in [3.05, 3.63) is 23.2 Å². The van der Waals surface area contributed by atoms with Gasteiger partial charge in [-0.25, -0.2) is 8.78 Å². The van der Waals surface area contributed by atoms with E-state index in [-0.39, 0.29) is 6.61 Å². The smallest absolute Gasteiger partial charge is 0.261 e. The molecule has 3 nitrogen and oxygen atoms in total. The summed E-state index contributed by atoms with van der Waals surface area (Å²) < 4.78 is 28.1. The number of hydrogen-bond donors (Lipinski definition) is 2. The first kappa shape index (κ1) is 13.0. The van der Waals surface area contributed by atoms with Crippen LogP contribution in [0.25, 0.3) is 0 Å². The molecule has 0 aliphatic heterocycles. The first-order chi connectivity index (χ1) is 7.59. The van der Waals surface area contributed by atoms with Crippen LogP contribution in [0.15, 0.2) is 18.2 Å². The van der Waals surface area contributed by atoms with E-state index in [1.54, 1.807) is 18.2 Å². The molecule has 16 heavy (non-hydrogen) atoms. The summed E-state index contributed by atoms with van der Waals surface area (Å²) in [4.78, 5) is 0. The van der Waals surface area contributed by atoms with Gasteiger partial charge in [0.15, 0.2) is 0 Å². The van der Waals surface area contributed by atoms with Gasteiger partial charge in [-0.1, -0.05) is 11.6 Å². The van der Waals surface area contributed by atoms with Crippen LogP contribution in [-0.4, -0.2) is 26.2 Å². The highest BCUT2D eigenvalue weighted by Gasteiger charge is 2.02. The predicted octanol–water partition coefficient (Wildman–Crippen LogP) is 2.62. The number of alkyl halides is 2. The van der Waals surface area contributed by atoms with Crippen LogP contribution in [0.2, 0.25) is 5.02 Å². The number of hydrogen-bond acceptors (Lipinski definition) is 3. The van der Waals surface area contributed by atoms with Crippen molar-refractivity contribution in [1.29, 1.82) is 0 Å². The molecule has 0 bridgehead atoms. The Hall–Kier alpha value is -1.07. The Bertz CT molecular complexity index is 337. The molecule has 1 aromatic carbocycles. The molecule has 0 aromatic heterocycles. The summed E-state index contributed by atoms with van der Waals surface area (Å²) in [6.07, 6.45) is -2.43. The normalized spacial score (nSPS) is 10.8. The highest BCUT2D eigenvalue weighted by Crippen LogP contribution is 2.22. The van der Waals surface area contributed by atoms with Gasteiger partial charge in [0.25, 0.3) is 6.43 Å². The van der Waals surface area contributed by atoms with Crippen LogP contribution in [0.5, 0.6) is 0 Å². The maximum absolute atomic E-state index is 11.7. The average molecular weight is 251 g/mol. The number of ether oxygens (including phenoxy) is 1. The molecule has 0 saturated carbocycles. The van der Waals surface area contributed by atoms with Crippen molar-refractivity contribution in [3.8, 4) is 0 Å². The van der Waals surface area contributed by atoms with Gasteiger partial charge in [-0.2, -0.15) is 0 Å². The Balaban J connectivity index is 2.29. The molecule has 0 aliphatic carbocycles. The molecular weight excluding hydrogens is 238 g/mol. The van der Waals surface area contributed by atoms with Gasteiger partial charge in [0.2, 0.25) is 0 Å². The summed E-state index contributed by atoms with van der Waals surface area (Å²) in [6, 6.07) is 5.02.